The number of halogens is 1. The summed E-state index contributed by atoms with van der Waals surface area (Å²) in [6.45, 7) is -0.240. The first kappa shape index (κ1) is 17.6. The number of aliphatic hydroxyl groups excluding tert-OH is 1. The summed E-state index contributed by atoms with van der Waals surface area (Å²) in [4.78, 5) is 16.0. The third-order valence-corrected chi connectivity index (χ3v) is 3.39. The van der Waals surface area contributed by atoms with E-state index < -0.39 is 5.97 Å². The number of hydrogen-bond donors (Lipinski definition) is 1. The lowest BCUT2D eigenvalue weighted by molar-refractivity contribution is 0.0429. The van der Waals surface area contributed by atoms with Crippen LogP contribution in [-0.4, -0.2) is 21.2 Å². The molecule has 0 amide bonds. The van der Waals surface area contributed by atoms with Crippen LogP contribution in [0.15, 0.2) is 53.1 Å². The fraction of sp³-hybridized carbons (Fsp3) is 0.167. The minimum Gasteiger partial charge on any atom is -0.485 e. The lowest BCUT2D eigenvalue weighted by Crippen LogP contribution is -2.05. The van der Waals surface area contributed by atoms with Crippen molar-refractivity contribution >= 4 is 5.97 Å². The van der Waals surface area contributed by atoms with Gasteiger partial charge in [-0.1, -0.05) is 17.3 Å². The van der Waals surface area contributed by atoms with Crippen LogP contribution in [0.25, 0.3) is 0 Å². The molecule has 26 heavy (non-hydrogen) atoms. The molecule has 1 N–H and O–H groups in total. The third kappa shape index (κ3) is 4.64. The van der Waals surface area contributed by atoms with Gasteiger partial charge in [-0.2, -0.15) is 4.98 Å². The molecule has 1 aromatic heterocycles. The van der Waals surface area contributed by atoms with Gasteiger partial charge in [0, 0.05) is 0 Å². The Morgan fingerprint density at radius 3 is 2.50 bits per heavy atom. The molecule has 0 radical (unpaired) electrons. The number of carbonyl (C=O) groups excluding carboxylic acids is 1. The van der Waals surface area contributed by atoms with E-state index in [1.54, 1.807) is 24.3 Å². The highest BCUT2D eigenvalue weighted by atomic mass is 19.1. The van der Waals surface area contributed by atoms with Crippen molar-refractivity contribution in [2.75, 3.05) is 0 Å². The van der Waals surface area contributed by atoms with Gasteiger partial charge in [-0.3, -0.25) is 0 Å². The molecule has 0 spiro atoms. The maximum Gasteiger partial charge on any atom is 0.338 e. The van der Waals surface area contributed by atoms with Crippen molar-refractivity contribution < 1.29 is 28.3 Å². The normalized spacial score (nSPS) is 10.5. The van der Waals surface area contributed by atoms with Crippen LogP contribution in [0.5, 0.6) is 5.75 Å². The molecule has 0 unspecified atom stereocenters. The van der Waals surface area contributed by atoms with Gasteiger partial charge in [-0.05, 0) is 42.0 Å². The van der Waals surface area contributed by atoms with Gasteiger partial charge in [-0.25, -0.2) is 9.18 Å². The standard InChI is InChI=1S/C18H15FN2O5/c19-14-5-7-15(8-6-14)24-10-16-20-17(26-21-16)11-25-18(23)13-3-1-12(9-22)2-4-13/h1-8,22H,9-11H2. The molecule has 0 fully saturated rings. The Morgan fingerprint density at radius 1 is 1.08 bits per heavy atom. The first-order valence-electron chi connectivity index (χ1n) is 7.71. The molecule has 0 aliphatic rings. The van der Waals surface area contributed by atoms with E-state index in [1.165, 1.54) is 24.3 Å². The zero-order valence-electron chi connectivity index (χ0n) is 13.6. The Balaban J connectivity index is 1.49. The van der Waals surface area contributed by atoms with Gasteiger partial charge < -0.3 is 19.1 Å². The van der Waals surface area contributed by atoms with Gasteiger partial charge in [0.25, 0.3) is 5.89 Å². The molecule has 134 valence electrons. The molecule has 7 nitrogen and oxygen atoms in total. The van der Waals surface area contributed by atoms with E-state index in [2.05, 4.69) is 10.1 Å². The van der Waals surface area contributed by atoms with Crippen molar-refractivity contribution in [1.82, 2.24) is 10.1 Å². The summed E-state index contributed by atoms with van der Waals surface area (Å²) in [5.41, 5.74) is 1.05. The molecular formula is C18H15FN2O5. The van der Waals surface area contributed by atoms with E-state index in [4.69, 9.17) is 19.1 Å². The van der Waals surface area contributed by atoms with Crippen LogP contribution in [0.1, 0.15) is 27.6 Å². The van der Waals surface area contributed by atoms with Gasteiger partial charge in [0.15, 0.2) is 13.2 Å². The summed E-state index contributed by atoms with van der Waals surface area (Å²) in [5, 5.41) is 12.7. The Kier molecular flexibility index (Phi) is 5.55. The second kappa shape index (κ2) is 8.21. The molecule has 0 aliphatic carbocycles. The molecule has 0 bridgehead atoms. The highest BCUT2D eigenvalue weighted by Crippen LogP contribution is 2.13. The van der Waals surface area contributed by atoms with Crippen molar-refractivity contribution in [2.45, 2.75) is 19.8 Å². The van der Waals surface area contributed by atoms with Crippen LogP contribution in [0.3, 0.4) is 0 Å². The highest BCUT2D eigenvalue weighted by Gasteiger charge is 2.12. The van der Waals surface area contributed by atoms with Gasteiger partial charge in [0.2, 0.25) is 5.82 Å². The van der Waals surface area contributed by atoms with E-state index in [-0.39, 0.29) is 37.4 Å². The summed E-state index contributed by atoms with van der Waals surface area (Å²) in [6, 6.07) is 11.9. The highest BCUT2D eigenvalue weighted by molar-refractivity contribution is 5.89. The molecule has 8 heteroatoms. The fourth-order valence-corrected chi connectivity index (χ4v) is 2.04. The van der Waals surface area contributed by atoms with Crippen molar-refractivity contribution in [3.05, 3.63) is 77.2 Å². The summed E-state index contributed by atoms with van der Waals surface area (Å²) in [6.07, 6.45) is 0. The van der Waals surface area contributed by atoms with E-state index in [1.807, 2.05) is 0 Å². The number of aliphatic hydroxyl groups is 1. The second-order valence-corrected chi connectivity index (χ2v) is 5.28. The predicted molar refractivity (Wildman–Crippen MR) is 86.5 cm³/mol. The monoisotopic (exact) mass is 358 g/mol. The van der Waals surface area contributed by atoms with Crippen LogP contribution >= 0.6 is 0 Å². The fourth-order valence-electron chi connectivity index (χ4n) is 2.04. The summed E-state index contributed by atoms with van der Waals surface area (Å²) < 4.78 is 28.3. The number of nitrogens with zero attached hydrogens (tertiary/aromatic N) is 2. The Morgan fingerprint density at radius 2 is 1.81 bits per heavy atom. The van der Waals surface area contributed by atoms with E-state index in [9.17, 15) is 9.18 Å². The molecule has 3 rings (SSSR count). The third-order valence-electron chi connectivity index (χ3n) is 3.39. The van der Waals surface area contributed by atoms with Crippen LogP contribution in [0.2, 0.25) is 0 Å². The number of carbonyl (C=O) groups is 1. The molecule has 0 aliphatic heterocycles. The van der Waals surface area contributed by atoms with Gasteiger partial charge in [0.05, 0.1) is 12.2 Å². The van der Waals surface area contributed by atoms with Crippen LogP contribution in [0.4, 0.5) is 4.39 Å². The maximum atomic E-state index is 12.8. The van der Waals surface area contributed by atoms with Crippen molar-refractivity contribution in [2.24, 2.45) is 0 Å². The molecule has 3 aromatic rings. The number of hydrogen-bond acceptors (Lipinski definition) is 7. The summed E-state index contributed by atoms with van der Waals surface area (Å²) in [5.74, 6) is -0.0324. The van der Waals surface area contributed by atoms with Crippen molar-refractivity contribution in [3.63, 3.8) is 0 Å². The smallest absolute Gasteiger partial charge is 0.338 e. The minimum absolute atomic E-state index is 0.0334. The van der Waals surface area contributed by atoms with Crippen molar-refractivity contribution in [3.8, 4) is 5.75 Å². The average Bonchev–Trinajstić information content (AvgIpc) is 3.13. The molecule has 2 aromatic carbocycles. The maximum absolute atomic E-state index is 12.8. The van der Waals surface area contributed by atoms with Gasteiger partial charge in [0.1, 0.15) is 11.6 Å². The zero-order chi connectivity index (χ0) is 18.4. The van der Waals surface area contributed by atoms with Gasteiger partial charge >= 0.3 is 5.97 Å². The average molecular weight is 358 g/mol. The Bertz CT molecular complexity index is 862. The lowest BCUT2D eigenvalue weighted by atomic mass is 10.1. The first-order chi connectivity index (χ1) is 12.6. The quantitative estimate of drug-likeness (QED) is 0.649. The number of esters is 1. The predicted octanol–water partition coefficient (Wildman–Crippen LogP) is 2.64. The zero-order valence-corrected chi connectivity index (χ0v) is 13.6. The first-order valence-corrected chi connectivity index (χ1v) is 7.71. The number of ether oxygens (including phenoxy) is 2. The molecule has 0 saturated carbocycles. The van der Waals surface area contributed by atoms with Crippen LogP contribution < -0.4 is 4.74 Å². The minimum atomic E-state index is -0.545. The molecule has 0 saturated heterocycles. The molecular weight excluding hydrogens is 343 g/mol. The van der Waals surface area contributed by atoms with Crippen LogP contribution in [-0.2, 0) is 24.6 Å². The van der Waals surface area contributed by atoms with Gasteiger partial charge in [-0.15, -0.1) is 0 Å². The number of aromatic nitrogens is 2. The Hall–Kier alpha value is -3.26. The summed E-state index contributed by atoms with van der Waals surface area (Å²) in [7, 11) is 0. The second-order valence-electron chi connectivity index (χ2n) is 5.28. The largest absolute Gasteiger partial charge is 0.485 e. The summed E-state index contributed by atoms with van der Waals surface area (Å²) >= 11 is 0. The van der Waals surface area contributed by atoms with Crippen molar-refractivity contribution in [1.29, 1.82) is 0 Å². The van der Waals surface area contributed by atoms with E-state index >= 15 is 0 Å². The molecule has 0 atom stereocenters. The van der Waals surface area contributed by atoms with E-state index in [0.29, 0.717) is 16.9 Å². The Labute approximate surface area is 148 Å². The SMILES string of the molecule is O=C(OCc1nc(COc2ccc(F)cc2)no1)c1ccc(CO)cc1. The van der Waals surface area contributed by atoms with E-state index in [0.717, 1.165) is 0 Å². The number of benzene rings is 2. The molecule has 1 heterocycles. The lowest BCUT2D eigenvalue weighted by Gasteiger charge is -2.03. The topological polar surface area (TPSA) is 94.7 Å². The number of rotatable bonds is 7. The van der Waals surface area contributed by atoms with Crippen LogP contribution in [0, 0.1) is 5.82 Å².